The van der Waals surface area contributed by atoms with E-state index in [1.807, 2.05) is 0 Å². The molecule has 0 atom stereocenters. The summed E-state index contributed by atoms with van der Waals surface area (Å²) in [7, 11) is 1.42. The predicted molar refractivity (Wildman–Crippen MR) is 69.2 cm³/mol. The van der Waals surface area contributed by atoms with E-state index >= 15 is 0 Å². The highest BCUT2D eigenvalue weighted by molar-refractivity contribution is 6.30. The lowest BCUT2D eigenvalue weighted by Gasteiger charge is -2.10. The van der Waals surface area contributed by atoms with Gasteiger partial charge in [0.15, 0.2) is 5.82 Å². The van der Waals surface area contributed by atoms with Crippen molar-refractivity contribution in [3.63, 3.8) is 0 Å². The average Bonchev–Trinajstić information content (AvgIpc) is 2.41. The number of carboxylic acids is 1. The molecule has 2 aromatic rings. The fourth-order valence-electron chi connectivity index (χ4n) is 1.47. The molecule has 0 aliphatic carbocycles. The van der Waals surface area contributed by atoms with E-state index in [-0.39, 0.29) is 22.2 Å². The Bertz CT molecular complexity index is 663. The third kappa shape index (κ3) is 2.97. The van der Waals surface area contributed by atoms with Gasteiger partial charge in [0.1, 0.15) is 17.1 Å². The molecule has 104 valence electrons. The molecule has 0 unspecified atom stereocenters. The summed E-state index contributed by atoms with van der Waals surface area (Å²) < 4.78 is 23.8. The van der Waals surface area contributed by atoms with Crippen molar-refractivity contribution in [2.45, 2.75) is 0 Å². The van der Waals surface area contributed by atoms with Gasteiger partial charge < -0.3 is 14.6 Å². The van der Waals surface area contributed by atoms with E-state index in [0.717, 1.165) is 6.07 Å². The van der Waals surface area contributed by atoms with E-state index in [2.05, 4.69) is 4.98 Å². The van der Waals surface area contributed by atoms with Gasteiger partial charge in [0.25, 0.3) is 5.88 Å². The molecular weight excluding hydrogens is 289 g/mol. The van der Waals surface area contributed by atoms with Crippen molar-refractivity contribution in [1.82, 2.24) is 4.98 Å². The van der Waals surface area contributed by atoms with Gasteiger partial charge in [-0.1, -0.05) is 11.6 Å². The Balaban J connectivity index is 2.43. The number of carboxylic acid groups (broad SMARTS) is 1. The fourth-order valence-corrected chi connectivity index (χ4v) is 1.62. The first-order valence-electron chi connectivity index (χ1n) is 5.41. The minimum atomic E-state index is -1.21. The summed E-state index contributed by atoms with van der Waals surface area (Å²) in [6.07, 6.45) is 1.20. The van der Waals surface area contributed by atoms with Crippen molar-refractivity contribution in [1.29, 1.82) is 0 Å². The van der Waals surface area contributed by atoms with Crippen LogP contribution in [-0.4, -0.2) is 23.2 Å². The van der Waals surface area contributed by atoms with Crippen LogP contribution in [0, 0.1) is 5.82 Å². The molecule has 0 saturated carbocycles. The lowest BCUT2D eigenvalue weighted by molar-refractivity contribution is 0.0694. The summed E-state index contributed by atoms with van der Waals surface area (Å²) in [5.41, 5.74) is -0.137. The number of aromatic nitrogens is 1. The number of methoxy groups -OCH3 is 1. The smallest absolute Gasteiger partial charge is 0.339 e. The van der Waals surface area contributed by atoms with Crippen LogP contribution in [0.3, 0.4) is 0 Å². The van der Waals surface area contributed by atoms with Crippen LogP contribution >= 0.6 is 11.6 Å². The molecule has 20 heavy (non-hydrogen) atoms. The second-order valence-electron chi connectivity index (χ2n) is 3.71. The van der Waals surface area contributed by atoms with Crippen molar-refractivity contribution in [2.75, 3.05) is 7.11 Å². The van der Waals surface area contributed by atoms with Gasteiger partial charge in [-0.3, -0.25) is 0 Å². The first-order valence-corrected chi connectivity index (χ1v) is 5.79. The molecule has 1 N–H and O–H groups in total. The third-order valence-corrected chi connectivity index (χ3v) is 2.61. The summed E-state index contributed by atoms with van der Waals surface area (Å²) in [4.78, 5) is 14.8. The lowest BCUT2D eigenvalue weighted by atomic mass is 10.2. The van der Waals surface area contributed by atoms with E-state index < -0.39 is 11.8 Å². The molecule has 2 rings (SSSR count). The van der Waals surface area contributed by atoms with E-state index in [4.69, 9.17) is 26.2 Å². The van der Waals surface area contributed by atoms with Crippen LogP contribution in [0.4, 0.5) is 4.39 Å². The van der Waals surface area contributed by atoms with Crippen LogP contribution in [0.1, 0.15) is 10.4 Å². The number of benzene rings is 1. The quantitative estimate of drug-likeness (QED) is 0.937. The summed E-state index contributed by atoms with van der Waals surface area (Å²) >= 11 is 5.58. The molecule has 5 nitrogen and oxygen atoms in total. The third-order valence-electron chi connectivity index (χ3n) is 2.40. The molecule has 0 radical (unpaired) electrons. The molecule has 1 aromatic heterocycles. The molecule has 0 saturated heterocycles. The predicted octanol–water partition coefficient (Wildman–Crippen LogP) is 3.37. The maximum atomic E-state index is 13.6. The molecule has 7 heteroatoms. The van der Waals surface area contributed by atoms with Crippen molar-refractivity contribution < 1.29 is 23.8 Å². The van der Waals surface area contributed by atoms with Crippen LogP contribution in [0.5, 0.6) is 17.4 Å². The lowest BCUT2D eigenvalue weighted by Crippen LogP contribution is -2.02. The van der Waals surface area contributed by atoms with Gasteiger partial charge in [-0.2, -0.15) is 0 Å². The largest absolute Gasteiger partial charge is 0.497 e. The Morgan fingerprint density at radius 1 is 1.40 bits per heavy atom. The Hall–Kier alpha value is -2.34. The number of halogens is 2. The molecule has 0 bridgehead atoms. The van der Waals surface area contributed by atoms with Crippen LogP contribution in [0.2, 0.25) is 5.02 Å². The van der Waals surface area contributed by atoms with E-state index in [1.165, 1.54) is 31.5 Å². The highest BCUT2D eigenvalue weighted by Gasteiger charge is 2.16. The van der Waals surface area contributed by atoms with Gasteiger partial charge in [0.2, 0.25) is 0 Å². The number of ether oxygens (including phenoxy) is 2. The molecule has 0 spiro atoms. The van der Waals surface area contributed by atoms with Gasteiger partial charge in [0, 0.05) is 12.3 Å². The second kappa shape index (κ2) is 5.75. The molecule has 0 aliphatic heterocycles. The van der Waals surface area contributed by atoms with Crippen LogP contribution < -0.4 is 9.47 Å². The number of carbonyl (C=O) groups is 1. The summed E-state index contributed by atoms with van der Waals surface area (Å²) in [5, 5.41) is 9.17. The van der Waals surface area contributed by atoms with Crippen molar-refractivity contribution in [2.24, 2.45) is 0 Å². The van der Waals surface area contributed by atoms with Gasteiger partial charge in [-0.15, -0.1) is 0 Å². The average molecular weight is 298 g/mol. The maximum absolute atomic E-state index is 13.6. The van der Waals surface area contributed by atoms with Gasteiger partial charge in [-0.05, 0) is 18.2 Å². The molecule has 0 aliphatic rings. The SMILES string of the molecule is COc1ccc(C(=O)O)c(Oc2ncc(Cl)cc2F)c1. The minimum Gasteiger partial charge on any atom is -0.497 e. The molecule has 1 aromatic carbocycles. The Morgan fingerprint density at radius 2 is 2.15 bits per heavy atom. The topological polar surface area (TPSA) is 68.7 Å². The standard InChI is InChI=1S/C13H9ClFNO4/c1-19-8-2-3-9(13(17)18)11(5-8)20-12-10(15)4-7(14)6-16-12/h2-6H,1H3,(H,17,18). The number of hydrogen-bond donors (Lipinski definition) is 1. The number of pyridine rings is 1. The number of nitrogens with zero attached hydrogens (tertiary/aromatic N) is 1. The van der Waals surface area contributed by atoms with Crippen LogP contribution in [0.15, 0.2) is 30.5 Å². The summed E-state index contributed by atoms with van der Waals surface area (Å²) in [6, 6.07) is 5.11. The number of rotatable bonds is 4. The first kappa shape index (κ1) is 14.1. The van der Waals surface area contributed by atoms with E-state index in [9.17, 15) is 9.18 Å². The van der Waals surface area contributed by atoms with Crippen molar-refractivity contribution in [3.8, 4) is 17.4 Å². The zero-order valence-corrected chi connectivity index (χ0v) is 11.0. The number of aromatic carboxylic acids is 1. The number of hydrogen-bond acceptors (Lipinski definition) is 4. The molecule has 0 amide bonds. The highest BCUT2D eigenvalue weighted by atomic mass is 35.5. The first-order chi connectivity index (χ1) is 9.51. The normalized spacial score (nSPS) is 10.2. The maximum Gasteiger partial charge on any atom is 0.339 e. The zero-order valence-electron chi connectivity index (χ0n) is 10.3. The van der Waals surface area contributed by atoms with Crippen LogP contribution in [-0.2, 0) is 0 Å². The fraction of sp³-hybridized carbons (Fsp3) is 0.0769. The monoisotopic (exact) mass is 297 g/mol. The Labute approximate surface area is 118 Å². The highest BCUT2D eigenvalue weighted by Crippen LogP contribution is 2.30. The second-order valence-corrected chi connectivity index (χ2v) is 4.15. The minimum absolute atomic E-state index is 0.0782. The Kier molecular flexibility index (Phi) is 4.05. The van der Waals surface area contributed by atoms with E-state index in [0.29, 0.717) is 5.75 Å². The zero-order chi connectivity index (χ0) is 14.7. The molecule has 1 heterocycles. The Morgan fingerprint density at radius 3 is 2.75 bits per heavy atom. The summed E-state index contributed by atoms with van der Waals surface area (Å²) in [5.74, 6) is -2.08. The van der Waals surface area contributed by atoms with Crippen molar-refractivity contribution >= 4 is 17.6 Å². The van der Waals surface area contributed by atoms with E-state index in [1.54, 1.807) is 0 Å². The molecular formula is C13H9ClFNO4. The van der Waals surface area contributed by atoms with Gasteiger partial charge in [-0.25, -0.2) is 14.2 Å². The van der Waals surface area contributed by atoms with Gasteiger partial charge in [0.05, 0.1) is 12.1 Å². The summed E-state index contributed by atoms with van der Waals surface area (Å²) in [6.45, 7) is 0. The van der Waals surface area contributed by atoms with Crippen LogP contribution in [0.25, 0.3) is 0 Å². The molecule has 0 fully saturated rings. The van der Waals surface area contributed by atoms with Gasteiger partial charge >= 0.3 is 5.97 Å². The van der Waals surface area contributed by atoms with Crippen molar-refractivity contribution in [3.05, 3.63) is 46.9 Å².